The molecule has 0 atom stereocenters. The van der Waals surface area contributed by atoms with Crippen molar-refractivity contribution in [3.63, 3.8) is 0 Å². The Morgan fingerprint density at radius 1 is 0.412 bits per heavy atom. The predicted molar refractivity (Wildman–Crippen MR) is 213 cm³/mol. The van der Waals surface area contributed by atoms with Gasteiger partial charge < -0.3 is 13.6 Å². The molecule has 0 fully saturated rings. The van der Waals surface area contributed by atoms with Gasteiger partial charge in [0.1, 0.15) is 11.2 Å². The lowest BCUT2D eigenvalue weighted by atomic mass is 9.98. The average molecular weight is 666 g/mol. The molecule has 3 nitrogen and oxygen atoms in total. The zero-order chi connectivity index (χ0) is 46.5. The summed E-state index contributed by atoms with van der Waals surface area (Å²) in [7, 11) is 0. The smallest absolute Gasteiger partial charge is 0.137 e. The van der Waals surface area contributed by atoms with Crippen LogP contribution in [0, 0.1) is 0 Å². The molecule has 11 aromatic rings. The molecule has 0 amide bonds. The van der Waals surface area contributed by atoms with Gasteiger partial charge in [-0.1, -0.05) is 121 Å². The molecule has 3 heteroatoms. The second kappa shape index (κ2) is 10.8. The van der Waals surface area contributed by atoms with Gasteiger partial charge in [-0.05, 0) is 82.8 Å². The van der Waals surface area contributed by atoms with Crippen LogP contribution in [0.1, 0.15) is 20.6 Å². The number of hydrogen-bond donors (Lipinski definition) is 0. The first-order valence-electron chi connectivity index (χ1n) is 23.7. The van der Waals surface area contributed by atoms with E-state index in [1.165, 1.54) is 4.57 Å². The lowest BCUT2D eigenvalue weighted by Crippen LogP contribution is -1.97. The zero-order valence-corrected chi connectivity index (χ0v) is 26.5. The minimum atomic E-state index is -0.709. The Morgan fingerprint density at radius 2 is 1.00 bits per heavy atom. The van der Waals surface area contributed by atoms with Crippen molar-refractivity contribution in [2.75, 3.05) is 0 Å². The maximum absolute atomic E-state index is 10.1. The van der Waals surface area contributed by atoms with E-state index >= 15 is 0 Å². The van der Waals surface area contributed by atoms with Gasteiger partial charge in [-0.15, -0.1) is 0 Å². The van der Waals surface area contributed by atoms with Crippen LogP contribution in [-0.2, 0) is 0 Å². The number of para-hydroxylation sites is 3. The Labute approximate surface area is 314 Å². The van der Waals surface area contributed by atoms with Crippen LogP contribution in [0.2, 0.25) is 0 Å². The van der Waals surface area contributed by atoms with E-state index in [2.05, 4.69) is 6.07 Å². The SMILES string of the molecule is [2H]c1c([2H])c([2H])c2c(c1[2H])c1c([2H])c([2H])c([2H])c([2H])c1n2-c1c([2H])c([2H])c2c3c([2H])c([2H])c([2H])c([2H])c3n(-c3cccc4oc5ccc(-c6cccc(-c7ccccc7)c6)cc5c34)c2c1[2H]. The van der Waals surface area contributed by atoms with Crippen LogP contribution in [0.4, 0.5) is 0 Å². The van der Waals surface area contributed by atoms with Crippen molar-refractivity contribution < 1.29 is 25.0 Å². The Hall–Kier alpha value is -6.84. The number of hydrogen-bond acceptors (Lipinski definition) is 1. The minimum Gasteiger partial charge on any atom is -0.456 e. The summed E-state index contributed by atoms with van der Waals surface area (Å²) in [5.41, 5.74) is 3.44. The molecule has 0 N–H and O–H groups in total. The topological polar surface area (TPSA) is 23.0 Å². The van der Waals surface area contributed by atoms with Gasteiger partial charge in [-0.25, -0.2) is 0 Å². The monoisotopic (exact) mass is 665 g/mol. The molecule has 0 aliphatic rings. The highest BCUT2D eigenvalue weighted by Gasteiger charge is 2.20. The van der Waals surface area contributed by atoms with Crippen molar-refractivity contribution in [2.45, 2.75) is 0 Å². The maximum Gasteiger partial charge on any atom is 0.137 e. The Kier molecular flexibility index (Phi) is 3.65. The highest BCUT2D eigenvalue weighted by Crippen LogP contribution is 2.41. The van der Waals surface area contributed by atoms with E-state index in [4.69, 9.17) is 18.1 Å². The zero-order valence-electron chi connectivity index (χ0n) is 41.5. The third-order valence-corrected chi connectivity index (χ3v) is 9.42. The van der Waals surface area contributed by atoms with Crippen LogP contribution in [0.5, 0.6) is 0 Å². The number of aromatic nitrogens is 2. The van der Waals surface area contributed by atoms with Crippen LogP contribution in [0.25, 0.3) is 99.2 Å². The van der Waals surface area contributed by atoms with E-state index in [0.717, 1.165) is 26.8 Å². The summed E-state index contributed by atoms with van der Waals surface area (Å²) < 4.78 is 145. The Balaban J connectivity index is 1.31. The molecule has 0 unspecified atom stereocenters. The van der Waals surface area contributed by atoms with Crippen LogP contribution >= 0.6 is 0 Å². The summed E-state index contributed by atoms with van der Waals surface area (Å²) in [6.07, 6.45) is 0. The fourth-order valence-corrected chi connectivity index (χ4v) is 7.18. The van der Waals surface area contributed by atoms with Crippen molar-refractivity contribution in [3.05, 3.63) is 182 Å². The summed E-state index contributed by atoms with van der Waals surface area (Å²) in [5.74, 6) is 0. The second-order valence-corrected chi connectivity index (χ2v) is 12.2. The number of benzene rings is 8. The average Bonchev–Trinajstić information content (AvgIpc) is 4.01. The Morgan fingerprint density at radius 3 is 1.73 bits per heavy atom. The standard InChI is InChI=1S/C48H30N2O/c1-2-12-31(13-3-1)32-14-10-15-33(28-32)34-24-27-46-40(29-34)48-44(22-11-23-47(48)51-46)50-43-21-9-6-18-38(43)39-26-25-35(30-45(39)50)49-41-19-7-4-16-36(41)37-17-5-8-20-42(37)49/h1-30H/i4D,5D,6D,7D,8D,9D,16D,17D,18D,19D,20D,21D,25D,26D,30D. The third-order valence-electron chi connectivity index (χ3n) is 9.42. The lowest BCUT2D eigenvalue weighted by molar-refractivity contribution is 0.669. The molecule has 0 radical (unpaired) electrons. The van der Waals surface area contributed by atoms with E-state index < -0.39 is 96.3 Å². The van der Waals surface area contributed by atoms with Crippen molar-refractivity contribution >= 4 is 65.6 Å². The lowest BCUT2D eigenvalue weighted by Gasteiger charge is -2.12. The molecule has 3 heterocycles. The van der Waals surface area contributed by atoms with Gasteiger partial charge in [0.15, 0.2) is 0 Å². The van der Waals surface area contributed by atoms with Gasteiger partial charge in [0.2, 0.25) is 0 Å². The van der Waals surface area contributed by atoms with Gasteiger partial charge in [0.05, 0.1) is 53.7 Å². The Bertz CT molecular complexity index is 3930. The molecule has 3 aromatic heterocycles. The fourth-order valence-electron chi connectivity index (χ4n) is 7.18. The fraction of sp³-hybridized carbons (Fsp3) is 0. The number of rotatable bonds is 4. The van der Waals surface area contributed by atoms with Crippen LogP contribution < -0.4 is 0 Å². The van der Waals surface area contributed by atoms with E-state index in [9.17, 15) is 6.85 Å². The maximum atomic E-state index is 10.1. The first-order chi connectivity index (χ1) is 31.5. The van der Waals surface area contributed by atoms with Gasteiger partial charge in [-0.2, -0.15) is 0 Å². The molecule has 51 heavy (non-hydrogen) atoms. The van der Waals surface area contributed by atoms with Crippen molar-refractivity contribution in [1.82, 2.24) is 9.13 Å². The molecule has 8 aromatic carbocycles. The van der Waals surface area contributed by atoms with E-state index in [1.54, 1.807) is 18.2 Å². The number of fused-ring (bicyclic) bond motifs is 9. The molecular weight excluding hydrogens is 621 g/mol. The van der Waals surface area contributed by atoms with Crippen molar-refractivity contribution in [1.29, 1.82) is 0 Å². The molecule has 238 valence electrons. The summed E-state index contributed by atoms with van der Waals surface area (Å²) in [6.45, 7) is 0. The van der Waals surface area contributed by atoms with Crippen LogP contribution in [-0.4, -0.2) is 9.13 Å². The van der Waals surface area contributed by atoms with Gasteiger partial charge in [0.25, 0.3) is 0 Å². The van der Waals surface area contributed by atoms with Crippen LogP contribution in [0.3, 0.4) is 0 Å². The quantitative estimate of drug-likeness (QED) is 0.183. The molecule has 0 spiro atoms. The molecule has 0 aliphatic heterocycles. The summed E-state index contributed by atoms with van der Waals surface area (Å²) in [6, 6.07) is 19.3. The van der Waals surface area contributed by atoms with Crippen LogP contribution in [0.15, 0.2) is 186 Å². The first-order valence-corrected chi connectivity index (χ1v) is 16.2. The van der Waals surface area contributed by atoms with Crippen molar-refractivity contribution in [3.8, 4) is 33.6 Å². The molecule has 0 bridgehead atoms. The minimum absolute atomic E-state index is 0.117. The molecule has 11 rings (SSSR count). The van der Waals surface area contributed by atoms with E-state index in [1.807, 2.05) is 66.7 Å². The molecule has 0 saturated carbocycles. The summed E-state index contributed by atoms with van der Waals surface area (Å²) >= 11 is 0. The number of furan rings is 1. The second-order valence-electron chi connectivity index (χ2n) is 12.2. The van der Waals surface area contributed by atoms with Crippen molar-refractivity contribution in [2.24, 2.45) is 0 Å². The largest absolute Gasteiger partial charge is 0.456 e. The summed E-state index contributed by atoms with van der Waals surface area (Å²) in [5, 5.41) is 0.208. The predicted octanol–water partition coefficient (Wildman–Crippen LogP) is 13.1. The molecule has 0 aliphatic carbocycles. The normalized spacial score (nSPS) is 16.0. The highest BCUT2D eigenvalue weighted by molar-refractivity contribution is 6.15. The van der Waals surface area contributed by atoms with E-state index in [0.29, 0.717) is 21.9 Å². The molecular formula is C48H30N2O. The van der Waals surface area contributed by atoms with E-state index in [-0.39, 0.29) is 49.3 Å². The number of nitrogens with zero attached hydrogens (tertiary/aromatic N) is 2. The third kappa shape index (κ3) is 4.19. The van der Waals surface area contributed by atoms with Gasteiger partial charge >= 0.3 is 0 Å². The van der Waals surface area contributed by atoms with Gasteiger partial charge in [-0.3, -0.25) is 0 Å². The first kappa shape index (κ1) is 17.2. The summed E-state index contributed by atoms with van der Waals surface area (Å²) in [4.78, 5) is 0. The van der Waals surface area contributed by atoms with Gasteiger partial charge in [0, 0.05) is 32.6 Å². The highest BCUT2D eigenvalue weighted by atomic mass is 16.3. The molecule has 0 saturated heterocycles.